The zero-order chi connectivity index (χ0) is 17.3. The van der Waals surface area contributed by atoms with Gasteiger partial charge in [0, 0.05) is 21.9 Å². The summed E-state index contributed by atoms with van der Waals surface area (Å²) in [5.41, 5.74) is -0.545. The van der Waals surface area contributed by atoms with Gasteiger partial charge in [-0.25, -0.2) is 8.42 Å². The lowest BCUT2D eigenvalue weighted by Gasteiger charge is -2.08. The van der Waals surface area contributed by atoms with Gasteiger partial charge in [0.1, 0.15) is 0 Å². The van der Waals surface area contributed by atoms with Crippen LogP contribution >= 0.6 is 10.7 Å². The minimum atomic E-state index is -4.47. The molecule has 0 bridgehead atoms. The van der Waals surface area contributed by atoms with Crippen LogP contribution in [-0.4, -0.2) is 14.3 Å². The van der Waals surface area contributed by atoms with E-state index in [0.717, 1.165) is 24.3 Å². The summed E-state index contributed by atoms with van der Waals surface area (Å²) in [6.45, 7) is 0. The van der Waals surface area contributed by atoms with Gasteiger partial charge in [-0.15, -0.1) is 0 Å². The Hall–Kier alpha value is -2.06. The minimum absolute atomic E-state index is 0.0343. The lowest BCUT2D eigenvalue weighted by atomic mass is 10.1. The van der Waals surface area contributed by atoms with Crippen LogP contribution in [0.1, 0.15) is 15.9 Å². The molecule has 0 aliphatic rings. The van der Waals surface area contributed by atoms with E-state index in [1.807, 2.05) is 0 Å². The standard InChI is InChI=1S/C14H9ClF3NO3S/c15-23(21,22)12-7-5-11(6-8-12)19-13(20)9-1-3-10(4-2-9)14(16,17)18/h1-8H,(H,19,20). The fraction of sp³-hybridized carbons (Fsp3) is 0.0714. The van der Waals surface area contributed by atoms with Crippen molar-refractivity contribution in [2.45, 2.75) is 11.1 Å². The molecule has 0 saturated carbocycles. The molecule has 122 valence electrons. The average Bonchev–Trinajstić information content (AvgIpc) is 2.46. The molecule has 2 aromatic rings. The fourth-order valence-electron chi connectivity index (χ4n) is 1.71. The Labute approximate surface area is 134 Å². The summed E-state index contributed by atoms with van der Waals surface area (Å²) in [7, 11) is 1.29. The van der Waals surface area contributed by atoms with Crippen LogP contribution in [-0.2, 0) is 15.2 Å². The molecule has 0 aliphatic carbocycles. The van der Waals surface area contributed by atoms with E-state index in [2.05, 4.69) is 5.32 Å². The zero-order valence-electron chi connectivity index (χ0n) is 11.3. The molecule has 2 aromatic carbocycles. The van der Waals surface area contributed by atoms with Crippen molar-refractivity contribution < 1.29 is 26.4 Å². The highest BCUT2D eigenvalue weighted by Gasteiger charge is 2.30. The summed E-state index contributed by atoms with van der Waals surface area (Å²) in [6.07, 6.45) is -4.47. The monoisotopic (exact) mass is 363 g/mol. The Bertz CT molecular complexity index is 816. The third-order valence-corrected chi connectivity index (χ3v) is 4.24. The summed E-state index contributed by atoms with van der Waals surface area (Å²) in [6, 6.07) is 8.74. The van der Waals surface area contributed by atoms with E-state index in [-0.39, 0.29) is 16.1 Å². The maximum atomic E-state index is 12.4. The second-order valence-electron chi connectivity index (χ2n) is 4.49. The molecule has 4 nitrogen and oxygen atoms in total. The van der Waals surface area contributed by atoms with Crippen molar-refractivity contribution in [3.05, 3.63) is 59.7 Å². The number of halogens is 4. The van der Waals surface area contributed by atoms with Gasteiger partial charge in [0.05, 0.1) is 10.5 Å². The van der Waals surface area contributed by atoms with Gasteiger partial charge in [-0.3, -0.25) is 4.79 Å². The topological polar surface area (TPSA) is 63.2 Å². The molecule has 0 spiro atoms. The van der Waals surface area contributed by atoms with Crippen molar-refractivity contribution >= 4 is 31.3 Å². The lowest BCUT2D eigenvalue weighted by molar-refractivity contribution is -0.137. The summed E-state index contributed by atoms with van der Waals surface area (Å²) in [5, 5.41) is 2.44. The number of anilines is 1. The highest BCUT2D eigenvalue weighted by Crippen LogP contribution is 2.29. The number of alkyl halides is 3. The Kier molecular flexibility index (Phi) is 4.67. The Balaban J connectivity index is 2.13. The third-order valence-electron chi connectivity index (χ3n) is 2.87. The second kappa shape index (κ2) is 6.21. The van der Waals surface area contributed by atoms with Crippen molar-refractivity contribution in [2.75, 3.05) is 5.32 Å². The van der Waals surface area contributed by atoms with Gasteiger partial charge in [0.25, 0.3) is 15.0 Å². The van der Waals surface area contributed by atoms with Crippen LogP contribution in [0.25, 0.3) is 0 Å². The van der Waals surface area contributed by atoms with Crippen LogP contribution in [0.5, 0.6) is 0 Å². The van der Waals surface area contributed by atoms with Crippen molar-refractivity contribution in [3.63, 3.8) is 0 Å². The molecule has 9 heteroatoms. The number of carbonyl (C=O) groups is 1. The summed E-state index contributed by atoms with van der Waals surface area (Å²) in [5.74, 6) is -0.625. The van der Waals surface area contributed by atoms with E-state index in [1.165, 1.54) is 24.3 Å². The average molecular weight is 364 g/mol. The quantitative estimate of drug-likeness (QED) is 0.841. The molecule has 0 unspecified atom stereocenters. The van der Waals surface area contributed by atoms with Gasteiger partial charge in [0.2, 0.25) is 0 Å². The van der Waals surface area contributed by atoms with Crippen molar-refractivity contribution in [3.8, 4) is 0 Å². The molecule has 0 aromatic heterocycles. The van der Waals surface area contributed by atoms with Crippen molar-refractivity contribution in [2.24, 2.45) is 0 Å². The number of nitrogens with one attached hydrogen (secondary N) is 1. The van der Waals surface area contributed by atoms with Gasteiger partial charge in [-0.05, 0) is 48.5 Å². The van der Waals surface area contributed by atoms with Gasteiger partial charge in [-0.1, -0.05) is 0 Å². The van der Waals surface area contributed by atoms with E-state index >= 15 is 0 Å². The maximum Gasteiger partial charge on any atom is 0.416 e. The Morgan fingerprint density at radius 1 is 0.957 bits per heavy atom. The minimum Gasteiger partial charge on any atom is -0.322 e. The molecule has 1 N–H and O–H groups in total. The SMILES string of the molecule is O=C(Nc1ccc(S(=O)(=O)Cl)cc1)c1ccc(C(F)(F)F)cc1. The molecule has 0 radical (unpaired) electrons. The molecule has 0 aliphatic heterocycles. The lowest BCUT2D eigenvalue weighted by Crippen LogP contribution is -2.12. The zero-order valence-corrected chi connectivity index (χ0v) is 12.8. The van der Waals surface area contributed by atoms with Crippen LogP contribution in [0.15, 0.2) is 53.4 Å². The molecular formula is C14H9ClF3NO3S. The second-order valence-corrected chi connectivity index (χ2v) is 7.06. The first kappa shape index (κ1) is 17.3. The number of rotatable bonds is 3. The predicted molar refractivity (Wildman–Crippen MR) is 78.9 cm³/mol. The first-order valence-electron chi connectivity index (χ1n) is 6.11. The maximum absolute atomic E-state index is 12.4. The molecule has 2 rings (SSSR count). The molecule has 23 heavy (non-hydrogen) atoms. The fourth-order valence-corrected chi connectivity index (χ4v) is 2.48. The molecule has 0 fully saturated rings. The number of amides is 1. The first-order valence-corrected chi connectivity index (χ1v) is 8.41. The third kappa shape index (κ3) is 4.46. The van der Waals surface area contributed by atoms with E-state index in [0.29, 0.717) is 0 Å². The van der Waals surface area contributed by atoms with Gasteiger partial charge >= 0.3 is 6.18 Å². The smallest absolute Gasteiger partial charge is 0.322 e. The molecule has 0 atom stereocenters. The van der Waals surface area contributed by atoms with E-state index in [4.69, 9.17) is 10.7 Å². The molecule has 0 saturated heterocycles. The highest BCUT2D eigenvalue weighted by molar-refractivity contribution is 8.13. The first-order chi connectivity index (χ1) is 10.6. The largest absolute Gasteiger partial charge is 0.416 e. The van der Waals surface area contributed by atoms with E-state index in [1.54, 1.807) is 0 Å². The van der Waals surface area contributed by atoms with Crippen LogP contribution in [0.4, 0.5) is 18.9 Å². The van der Waals surface area contributed by atoms with Gasteiger partial charge in [0.15, 0.2) is 0 Å². The Morgan fingerprint density at radius 2 is 1.48 bits per heavy atom. The highest BCUT2D eigenvalue weighted by atomic mass is 35.7. The molecule has 1 amide bonds. The summed E-state index contributed by atoms with van der Waals surface area (Å²) >= 11 is 0. The van der Waals surface area contributed by atoms with Crippen molar-refractivity contribution in [1.29, 1.82) is 0 Å². The van der Waals surface area contributed by atoms with Crippen LogP contribution in [0.3, 0.4) is 0 Å². The number of carbonyl (C=O) groups excluding carboxylic acids is 1. The number of hydrogen-bond donors (Lipinski definition) is 1. The van der Waals surface area contributed by atoms with Gasteiger partial charge < -0.3 is 5.32 Å². The normalized spacial score (nSPS) is 12.0. The van der Waals surface area contributed by atoms with E-state index in [9.17, 15) is 26.4 Å². The summed E-state index contributed by atoms with van der Waals surface area (Å²) < 4.78 is 59.5. The van der Waals surface area contributed by atoms with Gasteiger partial charge in [-0.2, -0.15) is 13.2 Å². The summed E-state index contributed by atoms with van der Waals surface area (Å²) in [4.78, 5) is 11.8. The van der Waals surface area contributed by atoms with Crippen LogP contribution in [0.2, 0.25) is 0 Å². The number of benzene rings is 2. The Morgan fingerprint density at radius 3 is 1.91 bits per heavy atom. The predicted octanol–water partition coefficient (Wildman–Crippen LogP) is 3.89. The van der Waals surface area contributed by atoms with Crippen LogP contribution in [0, 0.1) is 0 Å². The van der Waals surface area contributed by atoms with E-state index < -0.39 is 26.7 Å². The van der Waals surface area contributed by atoms with Crippen LogP contribution < -0.4 is 5.32 Å². The van der Waals surface area contributed by atoms with Crippen molar-refractivity contribution in [1.82, 2.24) is 0 Å². The molecule has 0 heterocycles. The molecular weight excluding hydrogens is 355 g/mol. The number of hydrogen-bond acceptors (Lipinski definition) is 3.